The molecule has 0 saturated carbocycles. The number of carbonyl (C=O) groups is 1. The van der Waals surface area contributed by atoms with Crippen LogP contribution in [0.5, 0.6) is 5.75 Å². The quantitative estimate of drug-likeness (QED) is 0.547. The van der Waals surface area contributed by atoms with Crippen LogP contribution in [0.25, 0.3) is 11.3 Å². The Bertz CT molecular complexity index is 1040. The van der Waals surface area contributed by atoms with E-state index in [0.29, 0.717) is 34.1 Å². The highest BCUT2D eigenvalue weighted by molar-refractivity contribution is 7.80. The zero-order valence-corrected chi connectivity index (χ0v) is 17.2. The van der Waals surface area contributed by atoms with Crippen molar-refractivity contribution in [3.8, 4) is 17.1 Å². The Kier molecular flexibility index (Phi) is 6.31. The van der Waals surface area contributed by atoms with Gasteiger partial charge in [0.2, 0.25) is 0 Å². The minimum atomic E-state index is -0.276. The topological polar surface area (TPSA) is 83.7 Å². The van der Waals surface area contributed by atoms with Crippen molar-refractivity contribution in [2.24, 2.45) is 0 Å². The number of anilines is 1. The van der Waals surface area contributed by atoms with E-state index in [9.17, 15) is 9.90 Å². The van der Waals surface area contributed by atoms with E-state index in [0.717, 1.165) is 11.1 Å². The minimum absolute atomic E-state index is 0.181. The van der Waals surface area contributed by atoms with Crippen molar-refractivity contribution in [2.45, 2.75) is 20.5 Å². The lowest BCUT2D eigenvalue weighted by molar-refractivity contribution is 0.0977. The highest BCUT2D eigenvalue weighted by Gasteiger charge is 2.13. The number of carbonyl (C=O) groups excluding carboxylic acids is 1. The third-order valence-electron chi connectivity index (χ3n) is 4.25. The van der Waals surface area contributed by atoms with Crippen molar-refractivity contribution in [2.75, 3.05) is 12.4 Å². The van der Waals surface area contributed by atoms with Gasteiger partial charge >= 0.3 is 0 Å². The van der Waals surface area contributed by atoms with E-state index in [1.165, 1.54) is 0 Å². The molecule has 0 spiro atoms. The minimum Gasteiger partial charge on any atom is -0.496 e. The van der Waals surface area contributed by atoms with Crippen molar-refractivity contribution < 1.29 is 19.1 Å². The number of aliphatic hydroxyl groups is 1. The lowest BCUT2D eigenvalue weighted by atomic mass is 10.1. The lowest BCUT2D eigenvalue weighted by Gasteiger charge is -2.13. The monoisotopic (exact) mass is 410 g/mol. The van der Waals surface area contributed by atoms with Gasteiger partial charge < -0.3 is 19.6 Å². The normalized spacial score (nSPS) is 10.5. The summed E-state index contributed by atoms with van der Waals surface area (Å²) in [7, 11) is 1.57. The number of aryl methyl sites for hydroxylation is 2. The fraction of sp³-hybridized carbons (Fsp3) is 0.182. The molecule has 1 heterocycles. The Labute approximate surface area is 174 Å². The first-order valence-corrected chi connectivity index (χ1v) is 9.39. The molecule has 0 atom stereocenters. The predicted octanol–water partition coefficient (Wildman–Crippen LogP) is 4.19. The predicted molar refractivity (Wildman–Crippen MR) is 116 cm³/mol. The number of hydrogen-bond acceptors (Lipinski definition) is 5. The largest absolute Gasteiger partial charge is 0.496 e. The van der Waals surface area contributed by atoms with Crippen molar-refractivity contribution in [1.29, 1.82) is 0 Å². The van der Waals surface area contributed by atoms with Crippen LogP contribution in [0.1, 0.15) is 27.2 Å². The lowest BCUT2D eigenvalue weighted by Crippen LogP contribution is -2.34. The molecule has 29 heavy (non-hydrogen) atoms. The number of aliphatic hydroxyl groups excluding tert-OH is 1. The van der Waals surface area contributed by atoms with Gasteiger partial charge in [0.15, 0.2) is 5.11 Å². The smallest absolute Gasteiger partial charge is 0.257 e. The Morgan fingerprint density at radius 3 is 2.45 bits per heavy atom. The average molecular weight is 410 g/mol. The molecule has 0 fully saturated rings. The Morgan fingerprint density at radius 2 is 1.83 bits per heavy atom. The summed E-state index contributed by atoms with van der Waals surface area (Å²) in [6.07, 6.45) is 0. The van der Waals surface area contributed by atoms with E-state index in [1.54, 1.807) is 37.4 Å². The summed E-state index contributed by atoms with van der Waals surface area (Å²) in [6, 6.07) is 14.4. The molecule has 1 amide bonds. The van der Waals surface area contributed by atoms with Crippen molar-refractivity contribution in [1.82, 2.24) is 5.32 Å². The van der Waals surface area contributed by atoms with Gasteiger partial charge in [0.05, 0.1) is 12.7 Å². The molecule has 6 nitrogen and oxygen atoms in total. The van der Waals surface area contributed by atoms with Crippen LogP contribution in [-0.4, -0.2) is 23.2 Å². The first kappa shape index (κ1) is 20.6. The molecule has 0 saturated heterocycles. The molecule has 0 aliphatic rings. The van der Waals surface area contributed by atoms with Gasteiger partial charge in [-0.1, -0.05) is 17.2 Å². The van der Waals surface area contributed by atoms with Crippen molar-refractivity contribution in [3.63, 3.8) is 0 Å². The third-order valence-corrected chi connectivity index (χ3v) is 4.46. The number of methoxy groups -OCH3 is 1. The average Bonchev–Trinajstić information content (AvgIpc) is 3.16. The number of benzene rings is 2. The molecule has 7 heteroatoms. The zero-order chi connectivity index (χ0) is 21.0. The highest BCUT2D eigenvalue weighted by Crippen LogP contribution is 2.33. The molecule has 3 aromatic rings. The number of nitrogens with one attached hydrogen (secondary N) is 2. The van der Waals surface area contributed by atoms with Crippen molar-refractivity contribution >= 4 is 28.9 Å². The van der Waals surface area contributed by atoms with Crippen molar-refractivity contribution in [3.05, 3.63) is 71.0 Å². The molecule has 150 valence electrons. The van der Waals surface area contributed by atoms with Gasteiger partial charge in [-0.15, -0.1) is 0 Å². The number of amides is 1. The van der Waals surface area contributed by atoms with Gasteiger partial charge in [-0.25, -0.2) is 0 Å². The van der Waals surface area contributed by atoms with Crippen LogP contribution >= 0.6 is 12.2 Å². The van der Waals surface area contributed by atoms with Crippen LogP contribution in [0.2, 0.25) is 0 Å². The Balaban J connectivity index is 1.76. The second-order valence-electron chi connectivity index (χ2n) is 6.62. The summed E-state index contributed by atoms with van der Waals surface area (Å²) in [5.41, 5.74) is 3.92. The maximum absolute atomic E-state index is 12.5. The summed E-state index contributed by atoms with van der Waals surface area (Å²) >= 11 is 5.29. The van der Waals surface area contributed by atoms with E-state index >= 15 is 0 Å². The van der Waals surface area contributed by atoms with Crippen LogP contribution in [0.4, 0.5) is 5.69 Å². The number of ether oxygens (including phenoxy) is 1. The number of thiocarbonyl (C=S) groups is 1. The van der Waals surface area contributed by atoms with Gasteiger partial charge in [-0.2, -0.15) is 0 Å². The maximum Gasteiger partial charge on any atom is 0.257 e. The van der Waals surface area contributed by atoms with Crippen LogP contribution in [0, 0.1) is 13.8 Å². The summed E-state index contributed by atoms with van der Waals surface area (Å²) in [4.78, 5) is 12.5. The second kappa shape index (κ2) is 8.89. The molecule has 1 aromatic heterocycles. The summed E-state index contributed by atoms with van der Waals surface area (Å²) in [6.45, 7) is 3.70. The molecule has 0 unspecified atom stereocenters. The molecule has 3 N–H and O–H groups in total. The number of rotatable bonds is 5. The number of hydrogen-bond donors (Lipinski definition) is 3. The van der Waals surface area contributed by atoms with Crippen LogP contribution in [0.15, 0.2) is 52.9 Å². The first-order chi connectivity index (χ1) is 13.9. The summed E-state index contributed by atoms with van der Waals surface area (Å²) in [5, 5.41) is 15.1. The molecule has 0 radical (unpaired) electrons. The van der Waals surface area contributed by atoms with Crippen LogP contribution in [0.3, 0.4) is 0 Å². The zero-order valence-electron chi connectivity index (χ0n) is 16.4. The Morgan fingerprint density at radius 1 is 1.10 bits per heavy atom. The maximum atomic E-state index is 12.5. The van der Waals surface area contributed by atoms with Gasteiger partial charge in [0, 0.05) is 11.3 Å². The highest BCUT2D eigenvalue weighted by atomic mass is 32.1. The summed E-state index contributed by atoms with van der Waals surface area (Å²) < 4.78 is 11.0. The van der Waals surface area contributed by atoms with E-state index in [4.69, 9.17) is 21.4 Å². The number of furan rings is 1. The van der Waals surface area contributed by atoms with E-state index in [2.05, 4.69) is 10.6 Å². The molecule has 0 aliphatic carbocycles. The summed E-state index contributed by atoms with van der Waals surface area (Å²) in [5.74, 6) is 1.35. The van der Waals surface area contributed by atoms with E-state index in [1.807, 2.05) is 32.0 Å². The van der Waals surface area contributed by atoms with Crippen LogP contribution in [-0.2, 0) is 6.61 Å². The molecule has 0 bridgehead atoms. The SMILES string of the molecule is COc1ccc(NC(=S)NC(=O)c2cc(C)cc(C)c2)cc1-c1ccc(CO)o1. The van der Waals surface area contributed by atoms with E-state index in [-0.39, 0.29) is 17.6 Å². The van der Waals surface area contributed by atoms with E-state index < -0.39 is 0 Å². The molecule has 2 aromatic carbocycles. The van der Waals surface area contributed by atoms with Gasteiger partial charge in [0.1, 0.15) is 23.9 Å². The van der Waals surface area contributed by atoms with Gasteiger partial charge in [-0.3, -0.25) is 10.1 Å². The second-order valence-corrected chi connectivity index (χ2v) is 7.03. The molecule has 3 rings (SSSR count). The fourth-order valence-corrected chi connectivity index (χ4v) is 3.24. The Hall–Kier alpha value is -3.16. The third kappa shape index (κ3) is 5.01. The fourth-order valence-electron chi connectivity index (χ4n) is 3.03. The molecule has 0 aliphatic heterocycles. The van der Waals surface area contributed by atoms with Crippen LogP contribution < -0.4 is 15.4 Å². The molecular formula is C22H22N2O4S. The first-order valence-electron chi connectivity index (χ1n) is 8.98. The van der Waals surface area contributed by atoms with Gasteiger partial charge in [-0.05, 0) is 68.5 Å². The standard InChI is InChI=1S/C22H22N2O4S/c1-13-8-14(2)10-15(9-13)21(26)24-22(29)23-16-4-6-19(27-3)18(11-16)20-7-5-17(12-25)28-20/h4-11,25H,12H2,1-3H3,(H2,23,24,26,29). The van der Waals surface area contributed by atoms with Gasteiger partial charge in [0.25, 0.3) is 5.91 Å². The molecular weight excluding hydrogens is 388 g/mol.